The van der Waals surface area contributed by atoms with Gasteiger partial charge < -0.3 is 16.3 Å². The van der Waals surface area contributed by atoms with Gasteiger partial charge in [0.15, 0.2) is 5.84 Å². The van der Waals surface area contributed by atoms with E-state index < -0.39 is 0 Å². The van der Waals surface area contributed by atoms with Crippen molar-refractivity contribution in [2.24, 2.45) is 16.8 Å². The van der Waals surface area contributed by atoms with Crippen molar-refractivity contribution in [2.75, 3.05) is 0 Å². The van der Waals surface area contributed by atoms with Gasteiger partial charge in [-0.1, -0.05) is 25.1 Å². The van der Waals surface area contributed by atoms with Crippen LogP contribution in [0.2, 0.25) is 0 Å². The summed E-state index contributed by atoms with van der Waals surface area (Å²) in [4.78, 5) is 4.12. The molecular weight excluding hydrogens is 216 g/mol. The molecule has 0 fully saturated rings. The molecule has 0 saturated heterocycles. The SMILES string of the molecule is CC(C)C(C)NCc1cccnc1C(N)=NO. The lowest BCUT2D eigenvalue weighted by Gasteiger charge is -2.18. The first-order chi connectivity index (χ1) is 8.06. The lowest BCUT2D eigenvalue weighted by Crippen LogP contribution is -2.31. The zero-order chi connectivity index (χ0) is 12.8. The lowest BCUT2D eigenvalue weighted by atomic mass is 10.1. The molecule has 0 amide bonds. The van der Waals surface area contributed by atoms with Crippen LogP contribution in [0.1, 0.15) is 32.0 Å². The van der Waals surface area contributed by atoms with Crippen LogP contribution in [0.3, 0.4) is 0 Å². The Morgan fingerprint density at radius 1 is 1.53 bits per heavy atom. The van der Waals surface area contributed by atoms with Crippen molar-refractivity contribution in [1.29, 1.82) is 0 Å². The molecule has 1 unspecified atom stereocenters. The number of rotatable bonds is 5. The summed E-state index contributed by atoms with van der Waals surface area (Å²) >= 11 is 0. The summed E-state index contributed by atoms with van der Waals surface area (Å²) in [5.41, 5.74) is 7.02. The van der Waals surface area contributed by atoms with Gasteiger partial charge in [0.1, 0.15) is 5.69 Å². The first kappa shape index (κ1) is 13.4. The molecule has 1 aromatic rings. The second-order valence-electron chi connectivity index (χ2n) is 4.41. The van der Waals surface area contributed by atoms with Gasteiger partial charge in [0, 0.05) is 18.8 Å². The van der Waals surface area contributed by atoms with Crippen LogP contribution in [-0.4, -0.2) is 22.1 Å². The molecule has 0 aliphatic heterocycles. The van der Waals surface area contributed by atoms with Crippen molar-refractivity contribution in [3.63, 3.8) is 0 Å². The second-order valence-corrected chi connectivity index (χ2v) is 4.41. The van der Waals surface area contributed by atoms with E-state index in [0.717, 1.165) is 5.56 Å². The van der Waals surface area contributed by atoms with Crippen LogP contribution < -0.4 is 11.1 Å². The van der Waals surface area contributed by atoms with Crippen LogP contribution >= 0.6 is 0 Å². The molecule has 1 rings (SSSR count). The predicted octanol–water partition coefficient (Wildman–Crippen LogP) is 1.31. The number of hydrogen-bond donors (Lipinski definition) is 3. The van der Waals surface area contributed by atoms with Crippen molar-refractivity contribution in [3.8, 4) is 0 Å². The third-order valence-electron chi connectivity index (χ3n) is 2.86. The van der Waals surface area contributed by atoms with Crippen molar-refractivity contribution in [2.45, 2.75) is 33.4 Å². The summed E-state index contributed by atoms with van der Waals surface area (Å²) in [6.45, 7) is 7.10. The van der Waals surface area contributed by atoms with E-state index in [9.17, 15) is 0 Å². The van der Waals surface area contributed by atoms with Gasteiger partial charge in [0.2, 0.25) is 0 Å². The number of nitrogens with one attached hydrogen (secondary N) is 1. The van der Waals surface area contributed by atoms with Crippen LogP contribution in [0.5, 0.6) is 0 Å². The van der Waals surface area contributed by atoms with Gasteiger partial charge >= 0.3 is 0 Å². The van der Waals surface area contributed by atoms with Gasteiger partial charge in [-0.15, -0.1) is 0 Å². The molecule has 0 spiro atoms. The molecule has 0 aliphatic rings. The van der Waals surface area contributed by atoms with Crippen molar-refractivity contribution in [3.05, 3.63) is 29.6 Å². The quantitative estimate of drug-likeness (QED) is 0.311. The van der Waals surface area contributed by atoms with E-state index in [2.05, 4.69) is 36.2 Å². The van der Waals surface area contributed by atoms with E-state index in [1.54, 1.807) is 6.20 Å². The Morgan fingerprint density at radius 2 is 2.24 bits per heavy atom. The van der Waals surface area contributed by atoms with Crippen molar-refractivity contribution >= 4 is 5.84 Å². The first-order valence-corrected chi connectivity index (χ1v) is 5.71. The molecule has 0 bridgehead atoms. The summed E-state index contributed by atoms with van der Waals surface area (Å²) in [5.74, 6) is 0.596. The maximum atomic E-state index is 8.68. The highest BCUT2D eigenvalue weighted by atomic mass is 16.4. The molecule has 0 radical (unpaired) electrons. The second kappa shape index (κ2) is 6.20. The van der Waals surface area contributed by atoms with Crippen LogP contribution in [0.4, 0.5) is 0 Å². The molecule has 0 saturated carbocycles. The van der Waals surface area contributed by atoms with Gasteiger partial charge in [-0.25, -0.2) is 0 Å². The third-order valence-corrected chi connectivity index (χ3v) is 2.86. The molecule has 4 N–H and O–H groups in total. The fourth-order valence-electron chi connectivity index (χ4n) is 1.37. The van der Waals surface area contributed by atoms with Crippen LogP contribution in [0, 0.1) is 5.92 Å². The fraction of sp³-hybridized carbons (Fsp3) is 0.500. The number of oxime groups is 1. The van der Waals surface area contributed by atoms with E-state index in [-0.39, 0.29) is 5.84 Å². The number of amidine groups is 1. The molecule has 0 aliphatic carbocycles. The third kappa shape index (κ3) is 3.71. The van der Waals surface area contributed by atoms with Crippen molar-refractivity contribution < 1.29 is 5.21 Å². The van der Waals surface area contributed by atoms with E-state index in [1.807, 2.05) is 12.1 Å². The van der Waals surface area contributed by atoms with Gasteiger partial charge in [-0.3, -0.25) is 4.98 Å². The summed E-state index contributed by atoms with van der Waals surface area (Å²) in [6.07, 6.45) is 1.63. The summed E-state index contributed by atoms with van der Waals surface area (Å²) < 4.78 is 0. The Bertz CT molecular complexity index is 390. The highest BCUT2D eigenvalue weighted by molar-refractivity contribution is 5.96. The average molecular weight is 236 g/mol. The van der Waals surface area contributed by atoms with Crippen LogP contribution in [0.15, 0.2) is 23.5 Å². The Morgan fingerprint density at radius 3 is 2.82 bits per heavy atom. The zero-order valence-corrected chi connectivity index (χ0v) is 10.5. The topological polar surface area (TPSA) is 83.5 Å². The Kier molecular flexibility index (Phi) is 4.90. The number of aromatic nitrogens is 1. The normalized spacial score (nSPS) is 14.0. The largest absolute Gasteiger partial charge is 0.409 e. The predicted molar refractivity (Wildman–Crippen MR) is 67.9 cm³/mol. The molecule has 5 nitrogen and oxygen atoms in total. The molecule has 0 aromatic carbocycles. The van der Waals surface area contributed by atoms with Gasteiger partial charge in [0.05, 0.1) is 0 Å². The zero-order valence-electron chi connectivity index (χ0n) is 10.5. The maximum absolute atomic E-state index is 8.68. The molecule has 1 atom stereocenters. The van der Waals surface area contributed by atoms with Gasteiger partial charge in [-0.2, -0.15) is 0 Å². The highest BCUT2D eigenvalue weighted by Gasteiger charge is 2.10. The van der Waals surface area contributed by atoms with Crippen LogP contribution in [0.25, 0.3) is 0 Å². The monoisotopic (exact) mass is 236 g/mol. The summed E-state index contributed by atoms with van der Waals surface area (Å²) in [5, 5.41) is 15.1. The van der Waals surface area contributed by atoms with E-state index in [1.165, 1.54) is 0 Å². The number of hydrogen-bond acceptors (Lipinski definition) is 4. The summed E-state index contributed by atoms with van der Waals surface area (Å²) in [6, 6.07) is 4.15. The molecule has 94 valence electrons. The standard InChI is InChI=1S/C12H20N4O/c1-8(2)9(3)15-7-10-5-4-6-14-11(10)12(13)16-17/h4-6,8-9,15,17H,7H2,1-3H3,(H2,13,16). The lowest BCUT2D eigenvalue weighted by molar-refractivity contribution is 0.318. The Labute approximate surface area is 102 Å². The van der Waals surface area contributed by atoms with Gasteiger partial charge in [-0.05, 0) is 24.5 Å². The Balaban J connectivity index is 2.78. The van der Waals surface area contributed by atoms with Crippen molar-refractivity contribution in [1.82, 2.24) is 10.3 Å². The molecule has 17 heavy (non-hydrogen) atoms. The number of nitrogens with two attached hydrogens (primary N) is 1. The average Bonchev–Trinajstić information content (AvgIpc) is 2.35. The molecular formula is C12H20N4O. The smallest absolute Gasteiger partial charge is 0.189 e. The van der Waals surface area contributed by atoms with E-state index in [4.69, 9.17) is 10.9 Å². The molecule has 5 heteroatoms. The van der Waals surface area contributed by atoms with Gasteiger partial charge in [0.25, 0.3) is 0 Å². The minimum absolute atomic E-state index is 0.0413. The summed E-state index contributed by atoms with van der Waals surface area (Å²) in [7, 11) is 0. The number of nitrogens with zero attached hydrogens (tertiary/aromatic N) is 2. The first-order valence-electron chi connectivity index (χ1n) is 5.71. The highest BCUT2D eigenvalue weighted by Crippen LogP contribution is 2.07. The molecule has 1 heterocycles. The fourth-order valence-corrected chi connectivity index (χ4v) is 1.37. The Hall–Kier alpha value is -1.62. The minimum atomic E-state index is 0.0413. The van der Waals surface area contributed by atoms with Crippen LogP contribution in [-0.2, 0) is 6.54 Å². The maximum Gasteiger partial charge on any atom is 0.189 e. The van der Waals surface area contributed by atoms with E-state index in [0.29, 0.717) is 24.2 Å². The van der Waals surface area contributed by atoms with E-state index >= 15 is 0 Å². The number of pyridine rings is 1. The molecule has 1 aromatic heterocycles. The minimum Gasteiger partial charge on any atom is -0.409 e.